The smallest absolute Gasteiger partial charge is 0.347 e. The Morgan fingerprint density at radius 1 is 1.00 bits per heavy atom. The number of amides is 1. The first-order chi connectivity index (χ1) is 15.2. The van der Waals surface area contributed by atoms with Gasteiger partial charge in [0.1, 0.15) is 4.88 Å². The number of rotatable bonds is 5. The fraction of sp³-hybridized carbons (Fsp3) is 0.167. The zero-order valence-electron chi connectivity index (χ0n) is 17.1. The SMILES string of the molecule is Cc1c(C(=O)NCc2ccccc2C(F)(F)F)sc(=O)n1Cc1ccc2ccccc2c1. The number of alkyl halides is 3. The average molecular weight is 456 g/mol. The number of thiazole rings is 1. The maximum Gasteiger partial charge on any atom is 0.416 e. The molecule has 4 rings (SSSR count). The summed E-state index contributed by atoms with van der Waals surface area (Å²) in [5, 5.41) is 4.65. The molecule has 0 saturated heterocycles. The van der Waals surface area contributed by atoms with Crippen molar-refractivity contribution in [2.45, 2.75) is 26.2 Å². The van der Waals surface area contributed by atoms with Crippen LogP contribution in [-0.2, 0) is 19.3 Å². The van der Waals surface area contributed by atoms with E-state index in [0.29, 0.717) is 12.2 Å². The number of carbonyl (C=O) groups is 1. The highest BCUT2D eigenvalue weighted by molar-refractivity contribution is 7.11. The first kappa shape index (κ1) is 21.8. The Labute approximate surface area is 185 Å². The summed E-state index contributed by atoms with van der Waals surface area (Å²) in [4.78, 5) is 25.1. The van der Waals surface area contributed by atoms with Crippen molar-refractivity contribution in [1.29, 1.82) is 0 Å². The minimum absolute atomic E-state index is 0.0334. The summed E-state index contributed by atoms with van der Waals surface area (Å²) in [6.45, 7) is 1.68. The van der Waals surface area contributed by atoms with Gasteiger partial charge in [-0.15, -0.1) is 0 Å². The molecule has 0 aliphatic carbocycles. The number of fused-ring (bicyclic) bond motifs is 1. The van der Waals surface area contributed by atoms with Gasteiger partial charge in [-0.1, -0.05) is 65.9 Å². The van der Waals surface area contributed by atoms with Crippen LogP contribution in [0.2, 0.25) is 0 Å². The molecule has 3 aromatic carbocycles. The van der Waals surface area contributed by atoms with Crippen molar-refractivity contribution in [1.82, 2.24) is 9.88 Å². The van der Waals surface area contributed by atoms with Crippen LogP contribution >= 0.6 is 11.3 Å². The number of aromatic nitrogens is 1. The van der Waals surface area contributed by atoms with E-state index in [1.807, 2.05) is 42.5 Å². The van der Waals surface area contributed by atoms with E-state index >= 15 is 0 Å². The van der Waals surface area contributed by atoms with Gasteiger partial charge in [-0.05, 0) is 41.0 Å². The highest BCUT2D eigenvalue weighted by Crippen LogP contribution is 2.31. The first-order valence-corrected chi connectivity index (χ1v) is 10.7. The molecule has 0 radical (unpaired) electrons. The largest absolute Gasteiger partial charge is 0.416 e. The Hall–Kier alpha value is -3.39. The fourth-order valence-electron chi connectivity index (χ4n) is 3.60. The van der Waals surface area contributed by atoms with Crippen LogP contribution in [0, 0.1) is 6.92 Å². The van der Waals surface area contributed by atoms with E-state index in [9.17, 15) is 22.8 Å². The Bertz CT molecular complexity index is 1360. The van der Waals surface area contributed by atoms with Crippen molar-refractivity contribution in [2.75, 3.05) is 0 Å². The zero-order chi connectivity index (χ0) is 22.9. The van der Waals surface area contributed by atoms with E-state index in [2.05, 4.69) is 5.32 Å². The van der Waals surface area contributed by atoms with Gasteiger partial charge in [-0.2, -0.15) is 13.2 Å². The Morgan fingerprint density at radius 2 is 1.69 bits per heavy atom. The lowest BCUT2D eigenvalue weighted by atomic mass is 10.1. The highest BCUT2D eigenvalue weighted by atomic mass is 32.1. The van der Waals surface area contributed by atoms with Crippen LogP contribution in [0.3, 0.4) is 0 Å². The number of halogens is 3. The molecule has 0 spiro atoms. The zero-order valence-corrected chi connectivity index (χ0v) is 17.9. The molecule has 0 aliphatic heterocycles. The van der Waals surface area contributed by atoms with Crippen LogP contribution in [0.5, 0.6) is 0 Å². The molecule has 0 fully saturated rings. The number of hydrogen-bond donors (Lipinski definition) is 1. The molecule has 0 atom stereocenters. The second-order valence-corrected chi connectivity index (χ2v) is 8.35. The summed E-state index contributed by atoms with van der Waals surface area (Å²) < 4.78 is 41.0. The normalized spacial score (nSPS) is 11.6. The van der Waals surface area contributed by atoms with Crippen molar-refractivity contribution in [3.05, 3.63) is 104 Å². The van der Waals surface area contributed by atoms with Gasteiger partial charge < -0.3 is 5.32 Å². The molecule has 1 aromatic heterocycles. The highest BCUT2D eigenvalue weighted by Gasteiger charge is 2.33. The quantitative estimate of drug-likeness (QED) is 0.439. The minimum Gasteiger partial charge on any atom is -0.347 e. The number of carbonyl (C=O) groups excluding carboxylic acids is 1. The summed E-state index contributed by atoms with van der Waals surface area (Å²) in [5.74, 6) is -0.571. The molecule has 0 bridgehead atoms. The molecule has 0 saturated carbocycles. The molecule has 4 nitrogen and oxygen atoms in total. The van der Waals surface area contributed by atoms with Crippen molar-refractivity contribution >= 4 is 28.0 Å². The molecular formula is C24H19F3N2O2S. The van der Waals surface area contributed by atoms with Gasteiger partial charge in [0.15, 0.2) is 0 Å². The van der Waals surface area contributed by atoms with Crippen LogP contribution in [0.15, 0.2) is 71.5 Å². The number of hydrogen-bond acceptors (Lipinski definition) is 3. The molecular weight excluding hydrogens is 437 g/mol. The third-order valence-electron chi connectivity index (χ3n) is 5.27. The van der Waals surface area contributed by atoms with E-state index in [1.165, 1.54) is 22.8 Å². The predicted molar refractivity (Wildman–Crippen MR) is 119 cm³/mol. The van der Waals surface area contributed by atoms with Gasteiger partial charge in [-0.25, -0.2) is 0 Å². The lowest BCUT2D eigenvalue weighted by Gasteiger charge is -2.13. The first-order valence-electron chi connectivity index (χ1n) is 9.85. The number of nitrogens with one attached hydrogen (secondary N) is 1. The summed E-state index contributed by atoms with van der Waals surface area (Å²) >= 11 is 0.790. The Morgan fingerprint density at radius 3 is 2.44 bits per heavy atom. The predicted octanol–water partition coefficient (Wildman–Crippen LogP) is 5.37. The Kier molecular flexibility index (Phi) is 5.88. The van der Waals surface area contributed by atoms with Crippen LogP contribution in [0.4, 0.5) is 13.2 Å². The fourth-order valence-corrected chi connectivity index (χ4v) is 4.51. The lowest BCUT2D eigenvalue weighted by Crippen LogP contribution is -2.24. The average Bonchev–Trinajstić information content (AvgIpc) is 3.05. The minimum atomic E-state index is -4.51. The van der Waals surface area contributed by atoms with Crippen LogP contribution in [0.1, 0.15) is 32.1 Å². The summed E-state index contributed by atoms with van der Waals surface area (Å²) in [6.07, 6.45) is -4.51. The third kappa shape index (κ3) is 4.45. The van der Waals surface area contributed by atoms with E-state index < -0.39 is 17.6 Å². The van der Waals surface area contributed by atoms with Gasteiger partial charge >= 0.3 is 11.0 Å². The van der Waals surface area contributed by atoms with E-state index in [1.54, 1.807) is 6.92 Å². The summed E-state index contributed by atoms with van der Waals surface area (Å²) in [6, 6.07) is 18.9. The van der Waals surface area contributed by atoms with Crippen molar-refractivity contribution < 1.29 is 18.0 Å². The summed E-state index contributed by atoms with van der Waals surface area (Å²) in [5.41, 5.74) is 0.570. The molecule has 0 unspecified atom stereocenters. The van der Waals surface area contributed by atoms with Gasteiger partial charge in [0.05, 0.1) is 12.1 Å². The molecule has 164 valence electrons. The molecule has 1 N–H and O–H groups in total. The molecule has 0 aliphatic rings. The maximum atomic E-state index is 13.2. The van der Waals surface area contributed by atoms with Crippen molar-refractivity contribution in [3.63, 3.8) is 0 Å². The standard InChI is InChI=1S/C24H19F3N2O2S/c1-15-21(22(30)28-13-19-8-4-5-9-20(19)24(25,26)27)32-23(31)29(15)14-16-10-11-17-6-2-3-7-18(17)12-16/h2-12H,13-14H2,1H3,(H,28,30). The molecule has 1 amide bonds. The topological polar surface area (TPSA) is 51.1 Å². The summed E-state index contributed by atoms with van der Waals surface area (Å²) in [7, 11) is 0. The van der Waals surface area contributed by atoms with Gasteiger partial charge in [0.2, 0.25) is 0 Å². The second-order valence-electron chi connectivity index (χ2n) is 7.39. The van der Waals surface area contributed by atoms with E-state index in [4.69, 9.17) is 0 Å². The monoisotopic (exact) mass is 456 g/mol. The van der Waals surface area contributed by atoms with E-state index in [0.717, 1.165) is 33.7 Å². The van der Waals surface area contributed by atoms with Crippen LogP contribution < -0.4 is 10.2 Å². The number of nitrogens with zero attached hydrogens (tertiary/aromatic N) is 1. The Balaban J connectivity index is 1.54. The molecule has 32 heavy (non-hydrogen) atoms. The third-order valence-corrected chi connectivity index (χ3v) is 6.35. The van der Waals surface area contributed by atoms with Gasteiger partial charge in [0.25, 0.3) is 5.91 Å². The van der Waals surface area contributed by atoms with Gasteiger partial charge in [-0.3, -0.25) is 14.2 Å². The van der Waals surface area contributed by atoms with Crippen LogP contribution in [0.25, 0.3) is 10.8 Å². The van der Waals surface area contributed by atoms with Crippen molar-refractivity contribution in [3.8, 4) is 0 Å². The molecule has 8 heteroatoms. The molecule has 1 heterocycles. The number of benzene rings is 3. The van der Waals surface area contributed by atoms with Crippen LogP contribution in [-0.4, -0.2) is 10.5 Å². The second kappa shape index (κ2) is 8.63. The molecule has 4 aromatic rings. The lowest BCUT2D eigenvalue weighted by molar-refractivity contribution is -0.138. The maximum absolute atomic E-state index is 13.2. The van der Waals surface area contributed by atoms with E-state index in [-0.39, 0.29) is 21.9 Å². The van der Waals surface area contributed by atoms with Gasteiger partial charge in [0, 0.05) is 12.2 Å². The van der Waals surface area contributed by atoms with Crippen molar-refractivity contribution in [2.24, 2.45) is 0 Å².